The van der Waals surface area contributed by atoms with E-state index in [1.54, 1.807) is 6.07 Å². The Balaban J connectivity index is 2.01. The summed E-state index contributed by atoms with van der Waals surface area (Å²) in [6.45, 7) is 10.8. The summed E-state index contributed by atoms with van der Waals surface area (Å²) in [5, 5.41) is 1.05. The smallest absolute Gasteiger partial charge is 0.336 e. The minimum atomic E-state index is -0.274. The minimum absolute atomic E-state index is 0.221. The van der Waals surface area contributed by atoms with E-state index in [2.05, 4.69) is 31.7 Å². The molecule has 1 fully saturated rings. The summed E-state index contributed by atoms with van der Waals surface area (Å²) >= 11 is 0. The Morgan fingerprint density at radius 1 is 1.14 bits per heavy atom. The molecule has 1 aromatic carbocycles. The minimum Gasteiger partial charge on any atom is -0.422 e. The maximum atomic E-state index is 11.9. The molecular formula is C18H23NO3. The molecule has 0 spiro atoms. The highest BCUT2D eigenvalue weighted by Gasteiger charge is 2.23. The van der Waals surface area contributed by atoms with E-state index < -0.39 is 0 Å². The standard InChI is InChI=1S/C18H23NO3/c1-11-5-12(2)18-16(6-11)15(7-17(20)22-18)10-19-8-13(3)21-14(4)9-19/h5-7,13-14H,8-10H2,1-4H3/t13-,14+. The number of hydrogen-bond acceptors (Lipinski definition) is 4. The monoisotopic (exact) mass is 301 g/mol. The Bertz CT molecular complexity index is 740. The second kappa shape index (κ2) is 5.86. The van der Waals surface area contributed by atoms with Gasteiger partial charge in [0.05, 0.1) is 12.2 Å². The van der Waals surface area contributed by atoms with Gasteiger partial charge in [-0.3, -0.25) is 4.90 Å². The summed E-state index contributed by atoms with van der Waals surface area (Å²) in [6.07, 6.45) is 0.442. The Kier molecular flexibility index (Phi) is 4.06. The molecule has 2 atom stereocenters. The first-order valence-corrected chi connectivity index (χ1v) is 7.84. The lowest BCUT2D eigenvalue weighted by Crippen LogP contribution is -2.44. The van der Waals surface area contributed by atoms with Gasteiger partial charge in [0.15, 0.2) is 0 Å². The van der Waals surface area contributed by atoms with Crippen molar-refractivity contribution in [1.29, 1.82) is 0 Å². The lowest BCUT2D eigenvalue weighted by molar-refractivity contribution is -0.0704. The molecule has 3 rings (SSSR count). The summed E-state index contributed by atoms with van der Waals surface area (Å²) in [6, 6.07) is 5.79. The number of benzene rings is 1. The second-order valence-corrected chi connectivity index (χ2v) is 6.50. The zero-order valence-electron chi connectivity index (χ0n) is 13.7. The van der Waals surface area contributed by atoms with Gasteiger partial charge in [-0.1, -0.05) is 6.07 Å². The summed E-state index contributed by atoms with van der Waals surface area (Å²) in [7, 11) is 0. The van der Waals surface area contributed by atoms with Gasteiger partial charge < -0.3 is 9.15 Å². The maximum Gasteiger partial charge on any atom is 0.336 e. The zero-order chi connectivity index (χ0) is 15.9. The molecule has 0 saturated carbocycles. The normalized spacial score (nSPS) is 23.1. The predicted octanol–water partition coefficient (Wildman–Crippen LogP) is 3.02. The van der Waals surface area contributed by atoms with Crippen LogP contribution in [-0.2, 0) is 11.3 Å². The fourth-order valence-electron chi connectivity index (χ4n) is 3.46. The van der Waals surface area contributed by atoms with Gasteiger partial charge >= 0.3 is 5.63 Å². The molecule has 0 aliphatic carbocycles. The van der Waals surface area contributed by atoms with Gasteiger partial charge in [0, 0.05) is 31.1 Å². The van der Waals surface area contributed by atoms with E-state index in [1.165, 1.54) is 5.56 Å². The number of ether oxygens (including phenoxy) is 1. The van der Waals surface area contributed by atoms with Crippen LogP contribution in [0.15, 0.2) is 27.4 Å². The molecule has 1 aliphatic rings. The molecule has 0 unspecified atom stereocenters. The summed E-state index contributed by atoms with van der Waals surface area (Å²) in [4.78, 5) is 14.3. The summed E-state index contributed by atoms with van der Waals surface area (Å²) in [5.74, 6) is 0. The average molecular weight is 301 g/mol. The second-order valence-electron chi connectivity index (χ2n) is 6.50. The SMILES string of the molecule is Cc1cc(C)c2oc(=O)cc(CN3C[C@@H](C)O[C@@H](C)C3)c2c1. The molecule has 0 N–H and O–H groups in total. The number of morpholine rings is 1. The molecule has 4 nitrogen and oxygen atoms in total. The molecule has 2 heterocycles. The van der Waals surface area contributed by atoms with E-state index in [1.807, 2.05) is 13.0 Å². The first-order valence-electron chi connectivity index (χ1n) is 7.84. The Morgan fingerprint density at radius 3 is 2.50 bits per heavy atom. The van der Waals surface area contributed by atoms with E-state index in [9.17, 15) is 4.79 Å². The van der Waals surface area contributed by atoms with E-state index in [0.717, 1.165) is 36.1 Å². The highest BCUT2D eigenvalue weighted by molar-refractivity contribution is 5.83. The lowest BCUT2D eigenvalue weighted by atomic mass is 10.0. The quantitative estimate of drug-likeness (QED) is 0.800. The van der Waals surface area contributed by atoms with Crippen LogP contribution >= 0.6 is 0 Å². The van der Waals surface area contributed by atoms with Crippen molar-refractivity contribution >= 4 is 11.0 Å². The van der Waals surface area contributed by atoms with Crippen LogP contribution in [0.1, 0.15) is 30.5 Å². The number of rotatable bonds is 2. The van der Waals surface area contributed by atoms with Crippen molar-refractivity contribution < 1.29 is 9.15 Å². The van der Waals surface area contributed by atoms with Crippen molar-refractivity contribution in [3.05, 3.63) is 45.3 Å². The first-order chi connectivity index (χ1) is 10.4. The number of nitrogens with zero attached hydrogens (tertiary/aromatic N) is 1. The van der Waals surface area contributed by atoms with Gasteiger partial charge in [-0.2, -0.15) is 0 Å². The van der Waals surface area contributed by atoms with Gasteiger partial charge in [0.2, 0.25) is 0 Å². The van der Waals surface area contributed by atoms with Crippen LogP contribution in [0.25, 0.3) is 11.0 Å². The van der Waals surface area contributed by atoms with Crippen LogP contribution in [0.4, 0.5) is 0 Å². The highest BCUT2D eigenvalue weighted by Crippen LogP contribution is 2.24. The molecule has 2 aromatic rings. The topological polar surface area (TPSA) is 42.7 Å². The van der Waals surface area contributed by atoms with Gasteiger partial charge in [0.25, 0.3) is 0 Å². The fourth-order valence-corrected chi connectivity index (χ4v) is 3.46. The van der Waals surface area contributed by atoms with E-state index in [-0.39, 0.29) is 17.8 Å². The van der Waals surface area contributed by atoms with E-state index >= 15 is 0 Å². The third-order valence-corrected chi connectivity index (χ3v) is 4.15. The molecule has 0 amide bonds. The molecular weight excluding hydrogens is 278 g/mol. The lowest BCUT2D eigenvalue weighted by Gasteiger charge is -2.35. The van der Waals surface area contributed by atoms with E-state index in [0.29, 0.717) is 5.58 Å². The third-order valence-electron chi connectivity index (χ3n) is 4.15. The Hall–Kier alpha value is -1.65. The number of aryl methyl sites for hydroxylation is 2. The molecule has 1 aromatic heterocycles. The molecule has 22 heavy (non-hydrogen) atoms. The van der Waals surface area contributed by atoms with E-state index in [4.69, 9.17) is 9.15 Å². The summed E-state index contributed by atoms with van der Waals surface area (Å²) in [5.41, 5.74) is 3.67. The highest BCUT2D eigenvalue weighted by atomic mass is 16.5. The van der Waals surface area contributed by atoms with Crippen molar-refractivity contribution in [2.24, 2.45) is 0 Å². The molecule has 0 radical (unpaired) electrons. The van der Waals surface area contributed by atoms with Crippen molar-refractivity contribution in [2.45, 2.75) is 46.4 Å². The molecule has 4 heteroatoms. The third kappa shape index (κ3) is 3.08. The van der Waals surface area contributed by atoms with Gasteiger partial charge in [-0.05, 0) is 50.5 Å². The largest absolute Gasteiger partial charge is 0.422 e. The molecule has 118 valence electrons. The fraction of sp³-hybridized carbons (Fsp3) is 0.500. The van der Waals surface area contributed by atoms with Crippen LogP contribution in [0.2, 0.25) is 0 Å². The first kappa shape index (κ1) is 15.3. The van der Waals surface area contributed by atoms with Crippen LogP contribution in [0, 0.1) is 13.8 Å². The molecule has 0 bridgehead atoms. The van der Waals surface area contributed by atoms with Crippen LogP contribution < -0.4 is 5.63 Å². The molecule has 1 saturated heterocycles. The van der Waals surface area contributed by atoms with Gasteiger partial charge in [-0.25, -0.2) is 4.79 Å². The number of hydrogen-bond donors (Lipinski definition) is 0. The van der Waals surface area contributed by atoms with Crippen molar-refractivity contribution in [3.63, 3.8) is 0 Å². The van der Waals surface area contributed by atoms with Crippen LogP contribution in [-0.4, -0.2) is 30.2 Å². The number of fused-ring (bicyclic) bond motifs is 1. The van der Waals surface area contributed by atoms with Crippen molar-refractivity contribution in [3.8, 4) is 0 Å². The van der Waals surface area contributed by atoms with Crippen LogP contribution in [0.3, 0.4) is 0 Å². The average Bonchev–Trinajstić information content (AvgIpc) is 2.39. The molecule has 1 aliphatic heterocycles. The summed E-state index contributed by atoms with van der Waals surface area (Å²) < 4.78 is 11.2. The van der Waals surface area contributed by atoms with Crippen molar-refractivity contribution in [1.82, 2.24) is 4.90 Å². The van der Waals surface area contributed by atoms with Gasteiger partial charge in [0.1, 0.15) is 5.58 Å². The van der Waals surface area contributed by atoms with Crippen LogP contribution in [0.5, 0.6) is 0 Å². The Morgan fingerprint density at radius 2 is 1.82 bits per heavy atom. The predicted molar refractivity (Wildman–Crippen MR) is 87.2 cm³/mol. The Labute approximate surface area is 130 Å². The maximum absolute atomic E-state index is 11.9. The van der Waals surface area contributed by atoms with Gasteiger partial charge in [-0.15, -0.1) is 0 Å². The van der Waals surface area contributed by atoms with Crippen molar-refractivity contribution in [2.75, 3.05) is 13.1 Å². The zero-order valence-corrected chi connectivity index (χ0v) is 13.7.